The van der Waals surface area contributed by atoms with Crippen molar-refractivity contribution in [3.63, 3.8) is 0 Å². The summed E-state index contributed by atoms with van der Waals surface area (Å²) in [6, 6.07) is 7.15. The lowest BCUT2D eigenvalue weighted by atomic mass is 10.2. The molecule has 0 aliphatic rings. The zero-order chi connectivity index (χ0) is 14.7. The molecule has 0 atom stereocenters. The molecule has 7 heteroatoms. The molecule has 0 saturated heterocycles. The van der Waals surface area contributed by atoms with E-state index < -0.39 is 22.2 Å². The summed E-state index contributed by atoms with van der Waals surface area (Å²) in [7, 11) is 0. The molecule has 0 saturated carbocycles. The largest absolute Gasteiger partial charge is 0.375 e. The minimum Gasteiger partial charge on any atom is -0.375 e. The zero-order valence-corrected chi connectivity index (χ0v) is 10.8. The number of anilines is 1. The normalized spacial score (nSPS) is 10.3. The van der Waals surface area contributed by atoms with Crippen LogP contribution in [0.3, 0.4) is 0 Å². The molecule has 0 aromatic heterocycles. The maximum Gasteiger partial charge on any atom is 0.295 e. The van der Waals surface area contributed by atoms with Crippen molar-refractivity contribution in [1.29, 1.82) is 0 Å². The molecule has 0 spiro atoms. The van der Waals surface area contributed by atoms with E-state index in [1.165, 1.54) is 24.3 Å². The predicted octanol–water partition coefficient (Wildman–Crippen LogP) is 4.14. The average Bonchev–Trinajstić information content (AvgIpc) is 2.40. The Morgan fingerprint density at radius 2 is 1.95 bits per heavy atom. The number of nitrogens with one attached hydrogen (secondary N) is 1. The van der Waals surface area contributed by atoms with E-state index in [2.05, 4.69) is 5.32 Å². The number of hydrogen-bond donors (Lipinski definition) is 1. The van der Waals surface area contributed by atoms with Gasteiger partial charge in [0.05, 0.1) is 11.0 Å². The van der Waals surface area contributed by atoms with Gasteiger partial charge in [0.15, 0.2) is 0 Å². The van der Waals surface area contributed by atoms with Crippen LogP contribution in [0.2, 0.25) is 5.02 Å². The maximum absolute atomic E-state index is 13.5. The Morgan fingerprint density at radius 3 is 2.65 bits per heavy atom. The molecule has 0 aliphatic carbocycles. The summed E-state index contributed by atoms with van der Waals surface area (Å²) in [5.41, 5.74) is -0.0423. The highest BCUT2D eigenvalue weighted by Crippen LogP contribution is 2.26. The molecule has 2 aromatic rings. The lowest BCUT2D eigenvalue weighted by Gasteiger charge is -2.08. The minimum absolute atomic E-state index is 0.00113. The zero-order valence-electron chi connectivity index (χ0n) is 10.1. The summed E-state index contributed by atoms with van der Waals surface area (Å²) in [5.74, 6) is -1.19. The molecule has 1 N–H and O–H groups in total. The molecule has 0 unspecified atom stereocenters. The number of nitro benzene ring substituents is 1. The molecule has 2 aromatic carbocycles. The van der Waals surface area contributed by atoms with E-state index >= 15 is 0 Å². The Kier molecular flexibility index (Phi) is 4.14. The fourth-order valence-electron chi connectivity index (χ4n) is 1.67. The van der Waals surface area contributed by atoms with Crippen molar-refractivity contribution in [3.05, 3.63) is 68.7 Å². The fourth-order valence-corrected chi connectivity index (χ4v) is 1.87. The Balaban J connectivity index is 2.23. The van der Waals surface area contributed by atoms with Gasteiger partial charge in [0.1, 0.15) is 17.3 Å². The number of halogens is 3. The number of rotatable bonds is 4. The van der Waals surface area contributed by atoms with Crippen molar-refractivity contribution < 1.29 is 13.7 Å². The van der Waals surface area contributed by atoms with Crippen LogP contribution in [-0.4, -0.2) is 4.92 Å². The Bertz CT molecular complexity index is 665. The first-order chi connectivity index (χ1) is 9.47. The van der Waals surface area contributed by atoms with Gasteiger partial charge in [-0.25, -0.2) is 8.78 Å². The quantitative estimate of drug-likeness (QED) is 0.682. The van der Waals surface area contributed by atoms with Crippen LogP contribution in [0, 0.1) is 21.7 Å². The smallest absolute Gasteiger partial charge is 0.295 e. The number of nitro groups is 1. The van der Waals surface area contributed by atoms with Crippen LogP contribution in [0.25, 0.3) is 0 Å². The van der Waals surface area contributed by atoms with Crippen molar-refractivity contribution >= 4 is 23.0 Å². The van der Waals surface area contributed by atoms with E-state index in [0.29, 0.717) is 5.02 Å². The molecule has 2 rings (SSSR count). The first-order valence-corrected chi connectivity index (χ1v) is 5.97. The lowest BCUT2D eigenvalue weighted by Crippen LogP contribution is -2.04. The van der Waals surface area contributed by atoms with Gasteiger partial charge in [0.25, 0.3) is 5.69 Å². The van der Waals surface area contributed by atoms with Crippen molar-refractivity contribution in [2.75, 3.05) is 5.32 Å². The predicted molar refractivity (Wildman–Crippen MR) is 71.8 cm³/mol. The highest BCUT2D eigenvalue weighted by Gasteiger charge is 2.15. The molecule has 0 radical (unpaired) electrons. The summed E-state index contributed by atoms with van der Waals surface area (Å²) < 4.78 is 26.5. The summed E-state index contributed by atoms with van der Waals surface area (Å²) in [6.45, 7) is -0.00113. The topological polar surface area (TPSA) is 55.2 Å². The SMILES string of the molecule is O=[N+]([O-])c1cc(F)ccc1NCc1cc(Cl)ccc1F. The van der Waals surface area contributed by atoms with Gasteiger partial charge in [-0.3, -0.25) is 10.1 Å². The van der Waals surface area contributed by atoms with Gasteiger partial charge in [-0.1, -0.05) is 11.6 Å². The first-order valence-electron chi connectivity index (χ1n) is 5.59. The van der Waals surface area contributed by atoms with E-state index in [1.807, 2.05) is 0 Å². The van der Waals surface area contributed by atoms with E-state index in [-0.39, 0.29) is 17.8 Å². The molecule has 0 fully saturated rings. The highest BCUT2D eigenvalue weighted by atomic mass is 35.5. The molecule has 0 bridgehead atoms. The third kappa shape index (κ3) is 3.21. The Morgan fingerprint density at radius 1 is 1.20 bits per heavy atom. The average molecular weight is 299 g/mol. The van der Waals surface area contributed by atoms with Gasteiger partial charge >= 0.3 is 0 Å². The van der Waals surface area contributed by atoms with Crippen molar-refractivity contribution in [2.45, 2.75) is 6.54 Å². The number of nitrogens with zero attached hydrogens (tertiary/aromatic N) is 1. The standard InChI is InChI=1S/C13H9ClF2N2O2/c14-9-1-3-11(16)8(5-9)7-17-12-4-2-10(15)6-13(12)18(19)20/h1-6,17H,7H2. The molecule has 0 aliphatic heterocycles. The molecule has 20 heavy (non-hydrogen) atoms. The molecular weight excluding hydrogens is 290 g/mol. The van der Waals surface area contributed by atoms with Gasteiger partial charge < -0.3 is 5.32 Å². The molecule has 104 valence electrons. The maximum atomic E-state index is 13.5. The second-order valence-corrected chi connectivity index (χ2v) is 4.44. The van der Waals surface area contributed by atoms with Crippen molar-refractivity contribution in [2.24, 2.45) is 0 Å². The Labute approximate surface area is 118 Å². The van der Waals surface area contributed by atoms with Crippen LogP contribution >= 0.6 is 11.6 Å². The summed E-state index contributed by atoms with van der Waals surface area (Å²) in [5, 5.41) is 13.9. The first kappa shape index (κ1) is 14.2. The van der Waals surface area contributed by atoms with Crippen LogP contribution in [0.15, 0.2) is 36.4 Å². The van der Waals surface area contributed by atoms with E-state index in [9.17, 15) is 18.9 Å². The fraction of sp³-hybridized carbons (Fsp3) is 0.0769. The van der Waals surface area contributed by atoms with Gasteiger partial charge in [0, 0.05) is 17.1 Å². The van der Waals surface area contributed by atoms with Crippen LogP contribution in [0.4, 0.5) is 20.2 Å². The van der Waals surface area contributed by atoms with Gasteiger partial charge in [-0.05, 0) is 30.3 Å². The van der Waals surface area contributed by atoms with E-state index in [0.717, 1.165) is 12.1 Å². The lowest BCUT2D eigenvalue weighted by molar-refractivity contribution is -0.384. The van der Waals surface area contributed by atoms with Crippen molar-refractivity contribution in [3.8, 4) is 0 Å². The molecular formula is C13H9ClF2N2O2. The van der Waals surface area contributed by atoms with E-state index in [4.69, 9.17) is 11.6 Å². The number of hydrogen-bond acceptors (Lipinski definition) is 3. The second kappa shape index (κ2) is 5.83. The third-order valence-electron chi connectivity index (χ3n) is 2.63. The van der Waals surface area contributed by atoms with Crippen LogP contribution in [0.5, 0.6) is 0 Å². The second-order valence-electron chi connectivity index (χ2n) is 4.01. The molecule has 0 heterocycles. The monoisotopic (exact) mass is 298 g/mol. The summed E-state index contributed by atoms with van der Waals surface area (Å²) in [6.07, 6.45) is 0. The molecule has 4 nitrogen and oxygen atoms in total. The van der Waals surface area contributed by atoms with Gasteiger partial charge in [-0.15, -0.1) is 0 Å². The number of benzene rings is 2. The van der Waals surface area contributed by atoms with Crippen LogP contribution in [-0.2, 0) is 6.54 Å². The van der Waals surface area contributed by atoms with Gasteiger partial charge in [-0.2, -0.15) is 0 Å². The van der Waals surface area contributed by atoms with E-state index in [1.54, 1.807) is 0 Å². The summed E-state index contributed by atoms with van der Waals surface area (Å²) >= 11 is 5.75. The Hall–Kier alpha value is -2.21. The minimum atomic E-state index is -0.712. The summed E-state index contributed by atoms with van der Waals surface area (Å²) in [4.78, 5) is 10.1. The van der Waals surface area contributed by atoms with Crippen LogP contribution < -0.4 is 5.32 Å². The van der Waals surface area contributed by atoms with Gasteiger partial charge in [0.2, 0.25) is 0 Å². The van der Waals surface area contributed by atoms with Crippen molar-refractivity contribution in [1.82, 2.24) is 0 Å². The molecule has 0 amide bonds. The van der Waals surface area contributed by atoms with Crippen LogP contribution in [0.1, 0.15) is 5.56 Å². The third-order valence-corrected chi connectivity index (χ3v) is 2.87. The highest BCUT2D eigenvalue weighted by molar-refractivity contribution is 6.30.